The predicted octanol–water partition coefficient (Wildman–Crippen LogP) is 3.89. The maximum Gasteiger partial charge on any atom is 0.220 e. The quantitative estimate of drug-likeness (QED) is 0.794. The lowest BCUT2D eigenvalue weighted by atomic mass is 10.0. The number of carbonyl (C=O) groups excluding carboxylic acids is 1. The van der Waals surface area contributed by atoms with Gasteiger partial charge < -0.3 is 11.1 Å². The van der Waals surface area contributed by atoms with Crippen molar-refractivity contribution in [2.75, 3.05) is 5.73 Å². The summed E-state index contributed by atoms with van der Waals surface area (Å²) in [5.74, 6) is 0.0638. The van der Waals surface area contributed by atoms with Crippen molar-refractivity contribution in [3.8, 4) is 0 Å². The molecule has 1 unspecified atom stereocenters. The number of nitrogen functional groups attached to an aromatic ring is 1. The zero-order chi connectivity index (χ0) is 15.1. The summed E-state index contributed by atoms with van der Waals surface area (Å²) < 4.78 is 0. The van der Waals surface area contributed by atoms with Crippen molar-refractivity contribution in [2.45, 2.75) is 32.2 Å². The van der Waals surface area contributed by atoms with Gasteiger partial charge in [0.1, 0.15) is 0 Å². The topological polar surface area (TPSA) is 55.1 Å². The summed E-state index contributed by atoms with van der Waals surface area (Å²) >= 11 is 0. The smallest absolute Gasteiger partial charge is 0.220 e. The second-order valence-corrected chi connectivity index (χ2v) is 5.14. The molecule has 0 aromatic heterocycles. The van der Waals surface area contributed by atoms with Crippen LogP contribution in [0, 0.1) is 0 Å². The second-order valence-electron chi connectivity index (χ2n) is 5.14. The molecule has 2 aromatic rings. The van der Waals surface area contributed by atoms with Crippen molar-refractivity contribution in [2.24, 2.45) is 0 Å². The molecule has 0 bridgehead atoms. The normalized spacial score (nSPS) is 11.3. The van der Waals surface area contributed by atoms with Crippen LogP contribution in [-0.4, -0.2) is 5.91 Å². The number of hydrogen-bond acceptors (Lipinski definition) is 2. The molecule has 0 aliphatic heterocycles. The van der Waals surface area contributed by atoms with Gasteiger partial charge in [-0.3, -0.25) is 4.79 Å². The minimum atomic E-state index is 0. The largest absolute Gasteiger partial charge is 0.399 e. The molecule has 0 aliphatic rings. The molecule has 3 N–H and O–H groups in total. The lowest BCUT2D eigenvalue weighted by Crippen LogP contribution is -2.28. The Morgan fingerprint density at radius 3 is 2.36 bits per heavy atom. The van der Waals surface area contributed by atoms with Gasteiger partial charge in [-0.05, 0) is 30.0 Å². The minimum absolute atomic E-state index is 0. The number of amides is 1. The molecule has 0 heterocycles. The average molecular weight is 319 g/mol. The summed E-state index contributed by atoms with van der Waals surface area (Å²) in [6.45, 7) is 2.08. The summed E-state index contributed by atoms with van der Waals surface area (Å²) in [5.41, 5.74) is 8.82. The number of aryl methyl sites for hydroxylation is 1. The maximum absolute atomic E-state index is 12.1. The molecule has 1 amide bonds. The molecular formula is C18H23ClN2O. The highest BCUT2D eigenvalue weighted by Gasteiger charge is 2.12. The zero-order valence-electron chi connectivity index (χ0n) is 12.8. The first kappa shape index (κ1) is 18.1. The minimum Gasteiger partial charge on any atom is -0.399 e. The first-order valence-corrected chi connectivity index (χ1v) is 7.38. The Hall–Kier alpha value is -2.00. The van der Waals surface area contributed by atoms with E-state index in [0.29, 0.717) is 12.8 Å². The Bertz CT molecular complexity index is 587. The van der Waals surface area contributed by atoms with Gasteiger partial charge in [-0.25, -0.2) is 0 Å². The van der Waals surface area contributed by atoms with Crippen molar-refractivity contribution in [1.82, 2.24) is 5.32 Å². The van der Waals surface area contributed by atoms with Gasteiger partial charge in [-0.2, -0.15) is 0 Å². The fourth-order valence-electron chi connectivity index (χ4n) is 2.38. The van der Waals surface area contributed by atoms with Crippen LogP contribution >= 0.6 is 12.4 Å². The van der Waals surface area contributed by atoms with Gasteiger partial charge in [0, 0.05) is 12.1 Å². The van der Waals surface area contributed by atoms with Crippen LogP contribution in [0.15, 0.2) is 54.6 Å². The van der Waals surface area contributed by atoms with Gasteiger partial charge in [0.25, 0.3) is 0 Å². The van der Waals surface area contributed by atoms with Crippen LogP contribution < -0.4 is 11.1 Å². The van der Waals surface area contributed by atoms with Crippen LogP contribution in [0.1, 0.15) is 36.9 Å². The highest BCUT2D eigenvalue weighted by atomic mass is 35.5. The zero-order valence-corrected chi connectivity index (χ0v) is 13.6. The van der Waals surface area contributed by atoms with Crippen LogP contribution in [-0.2, 0) is 11.2 Å². The third kappa shape index (κ3) is 5.08. The third-order valence-corrected chi connectivity index (χ3v) is 3.62. The summed E-state index contributed by atoms with van der Waals surface area (Å²) in [6, 6.07) is 17.8. The fourth-order valence-corrected chi connectivity index (χ4v) is 2.38. The summed E-state index contributed by atoms with van der Waals surface area (Å²) in [6.07, 6.45) is 2.00. The van der Waals surface area contributed by atoms with Crippen molar-refractivity contribution in [3.05, 3.63) is 65.7 Å². The number of halogens is 1. The van der Waals surface area contributed by atoms with Crippen molar-refractivity contribution in [1.29, 1.82) is 0 Å². The van der Waals surface area contributed by atoms with Crippen LogP contribution in [0.5, 0.6) is 0 Å². The fraction of sp³-hybridized carbons (Fsp3) is 0.278. The van der Waals surface area contributed by atoms with E-state index in [4.69, 9.17) is 5.73 Å². The molecule has 0 fully saturated rings. The first-order valence-electron chi connectivity index (χ1n) is 7.38. The Kier molecular flexibility index (Phi) is 7.47. The standard InChI is InChI=1S/C18H22N2O.ClH/c1-2-17(15-9-4-3-5-10-15)20-18(21)13-12-14-8-6-7-11-16(14)19;/h3-11,17H,2,12-13,19H2,1H3,(H,20,21);1H. The van der Waals surface area contributed by atoms with Gasteiger partial charge in [-0.15, -0.1) is 12.4 Å². The van der Waals surface area contributed by atoms with E-state index in [1.807, 2.05) is 54.6 Å². The molecule has 2 aromatic carbocycles. The third-order valence-electron chi connectivity index (χ3n) is 3.62. The van der Waals surface area contributed by atoms with Gasteiger partial charge >= 0.3 is 0 Å². The molecule has 0 saturated carbocycles. The molecular weight excluding hydrogens is 296 g/mol. The van der Waals surface area contributed by atoms with E-state index >= 15 is 0 Å². The molecule has 2 rings (SSSR count). The van der Waals surface area contributed by atoms with E-state index < -0.39 is 0 Å². The monoisotopic (exact) mass is 318 g/mol. The molecule has 4 heteroatoms. The first-order chi connectivity index (χ1) is 10.2. The molecule has 1 atom stereocenters. The van der Waals surface area contributed by atoms with Crippen LogP contribution in [0.3, 0.4) is 0 Å². The molecule has 3 nitrogen and oxygen atoms in total. The molecule has 118 valence electrons. The van der Waals surface area contributed by atoms with Crippen molar-refractivity contribution < 1.29 is 4.79 Å². The average Bonchev–Trinajstić information content (AvgIpc) is 2.52. The van der Waals surface area contributed by atoms with E-state index in [9.17, 15) is 4.79 Å². The van der Waals surface area contributed by atoms with Gasteiger partial charge in [0.2, 0.25) is 5.91 Å². The highest BCUT2D eigenvalue weighted by molar-refractivity contribution is 5.85. The van der Waals surface area contributed by atoms with E-state index in [1.165, 1.54) is 0 Å². The van der Waals surface area contributed by atoms with E-state index in [0.717, 1.165) is 23.2 Å². The Balaban J connectivity index is 0.00000242. The SMILES string of the molecule is CCC(NC(=O)CCc1ccccc1N)c1ccccc1.Cl. The number of carbonyl (C=O) groups is 1. The number of rotatable bonds is 6. The number of anilines is 1. The Morgan fingerprint density at radius 1 is 1.09 bits per heavy atom. The number of benzene rings is 2. The number of para-hydroxylation sites is 1. The molecule has 22 heavy (non-hydrogen) atoms. The van der Waals surface area contributed by atoms with E-state index in [2.05, 4.69) is 12.2 Å². The van der Waals surface area contributed by atoms with Crippen molar-refractivity contribution in [3.63, 3.8) is 0 Å². The molecule has 0 aliphatic carbocycles. The maximum atomic E-state index is 12.1. The van der Waals surface area contributed by atoms with Crippen LogP contribution in [0.4, 0.5) is 5.69 Å². The lowest BCUT2D eigenvalue weighted by molar-refractivity contribution is -0.121. The van der Waals surface area contributed by atoms with Gasteiger partial charge in [0.15, 0.2) is 0 Å². The summed E-state index contributed by atoms with van der Waals surface area (Å²) in [4.78, 5) is 12.1. The Morgan fingerprint density at radius 2 is 1.73 bits per heavy atom. The summed E-state index contributed by atoms with van der Waals surface area (Å²) in [7, 11) is 0. The number of hydrogen-bond donors (Lipinski definition) is 2. The van der Waals surface area contributed by atoms with Crippen LogP contribution in [0.25, 0.3) is 0 Å². The lowest BCUT2D eigenvalue weighted by Gasteiger charge is -2.17. The number of nitrogens with two attached hydrogens (primary N) is 1. The predicted molar refractivity (Wildman–Crippen MR) is 94.0 cm³/mol. The van der Waals surface area contributed by atoms with E-state index in [1.54, 1.807) is 0 Å². The summed E-state index contributed by atoms with van der Waals surface area (Å²) in [5, 5.41) is 3.09. The van der Waals surface area contributed by atoms with Crippen LogP contribution in [0.2, 0.25) is 0 Å². The van der Waals surface area contributed by atoms with Crippen molar-refractivity contribution >= 4 is 24.0 Å². The number of nitrogens with one attached hydrogen (secondary N) is 1. The van der Waals surface area contributed by atoms with Gasteiger partial charge in [-0.1, -0.05) is 55.5 Å². The molecule has 0 radical (unpaired) electrons. The second kappa shape index (κ2) is 9.11. The van der Waals surface area contributed by atoms with Gasteiger partial charge in [0.05, 0.1) is 6.04 Å². The molecule has 0 saturated heterocycles. The highest BCUT2D eigenvalue weighted by Crippen LogP contribution is 2.17. The molecule has 0 spiro atoms. The van der Waals surface area contributed by atoms with E-state index in [-0.39, 0.29) is 24.4 Å². The Labute approximate surface area is 138 Å².